The number of carbonyl (C=O) groups is 1. The maximum atomic E-state index is 14.2. The van der Waals surface area contributed by atoms with Gasteiger partial charge in [-0.05, 0) is 45.4 Å². The Bertz CT molecular complexity index is 809. The minimum atomic E-state index is -0.613. The van der Waals surface area contributed by atoms with Crippen LogP contribution in [0.25, 0.3) is 11.4 Å². The van der Waals surface area contributed by atoms with E-state index in [9.17, 15) is 9.18 Å². The van der Waals surface area contributed by atoms with E-state index in [-0.39, 0.29) is 29.5 Å². The molecule has 0 spiro atoms. The molecule has 0 unspecified atom stereocenters. The average Bonchev–Trinajstić information content (AvgIpc) is 3.03. The van der Waals surface area contributed by atoms with Gasteiger partial charge in [0.05, 0.1) is 13.0 Å². The molecular formula is C20H25FN2O4. The molecule has 0 N–H and O–H groups in total. The maximum absolute atomic E-state index is 14.2. The summed E-state index contributed by atoms with van der Waals surface area (Å²) in [6, 6.07) is 4.48. The first-order valence-corrected chi connectivity index (χ1v) is 8.86. The number of benzene rings is 1. The van der Waals surface area contributed by atoms with Crippen molar-refractivity contribution in [2.24, 2.45) is 0 Å². The third-order valence-electron chi connectivity index (χ3n) is 3.47. The van der Waals surface area contributed by atoms with Crippen LogP contribution in [0.5, 0.6) is 5.75 Å². The largest absolute Gasteiger partial charge is 0.491 e. The fourth-order valence-electron chi connectivity index (χ4n) is 2.13. The normalized spacial score (nSPS) is 11.3. The van der Waals surface area contributed by atoms with Crippen molar-refractivity contribution in [2.75, 3.05) is 6.61 Å². The van der Waals surface area contributed by atoms with E-state index in [0.717, 1.165) is 12.8 Å². The van der Waals surface area contributed by atoms with Crippen molar-refractivity contribution in [3.63, 3.8) is 0 Å². The molecule has 2 aromatic rings. The van der Waals surface area contributed by atoms with Gasteiger partial charge in [-0.25, -0.2) is 9.18 Å². The predicted molar refractivity (Wildman–Crippen MR) is 98.8 cm³/mol. The lowest BCUT2D eigenvalue weighted by atomic mass is 10.1. The summed E-state index contributed by atoms with van der Waals surface area (Å²) in [5, 5.41) is 3.83. The van der Waals surface area contributed by atoms with Gasteiger partial charge >= 0.3 is 5.97 Å². The highest BCUT2D eigenvalue weighted by Gasteiger charge is 2.21. The zero-order valence-corrected chi connectivity index (χ0v) is 16.2. The van der Waals surface area contributed by atoms with E-state index >= 15 is 0 Å². The number of nitrogens with zero attached hydrogens (tertiary/aromatic N) is 2. The minimum Gasteiger partial charge on any atom is -0.491 e. The number of unbranched alkanes of at least 4 members (excludes halogenated alkanes) is 1. The van der Waals surface area contributed by atoms with Crippen molar-refractivity contribution in [2.45, 2.75) is 52.6 Å². The smallest absolute Gasteiger partial charge is 0.334 e. The third kappa shape index (κ3) is 6.20. The molecule has 7 heteroatoms. The summed E-state index contributed by atoms with van der Waals surface area (Å²) in [7, 11) is 0. The molecule has 6 nitrogen and oxygen atoms in total. The monoisotopic (exact) mass is 376 g/mol. The maximum Gasteiger partial charge on any atom is 0.334 e. The molecule has 0 aliphatic heterocycles. The van der Waals surface area contributed by atoms with Crippen LogP contribution in [0.1, 0.15) is 46.4 Å². The van der Waals surface area contributed by atoms with Crippen LogP contribution in [0, 0.1) is 5.82 Å². The van der Waals surface area contributed by atoms with Crippen LogP contribution >= 0.6 is 0 Å². The number of rotatable bonds is 8. The van der Waals surface area contributed by atoms with Crippen LogP contribution in [0.4, 0.5) is 4.39 Å². The molecule has 1 aromatic carbocycles. The average molecular weight is 376 g/mol. The molecule has 146 valence electrons. The van der Waals surface area contributed by atoms with Crippen molar-refractivity contribution in [1.82, 2.24) is 10.1 Å². The Kier molecular flexibility index (Phi) is 6.71. The number of ether oxygens (including phenoxy) is 2. The lowest BCUT2D eigenvalue weighted by Crippen LogP contribution is -2.25. The lowest BCUT2D eigenvalue weighted by molar-refractivity contribution is -0.150. The van der Waals surface area contributed by atoms with Gasteiger partial charge in [0.25, 0.3) is 0 Å². The van der Waals surface area contributed by atoms with Crippen LogP contribution in [0.3, 0.4) is 0 Å². The van der Waals surface area contributed by atoms with E-state index in [0.29, 0.717) is 12.2 Å². The summed E-state index contributed by atoms with van der Waals surface area (Å²) in [5.41, 5.74) is 0.0394. The van der Waals surface area contributed by atoms with Crippen LogP contribution in [-0.4, -0.2) is 28.3 Å². The summed E-state index contributed by atoms with van der Waals surface area (Å²) in [6.07, 6.45) is 1.89. The molecule has 0 aliphatic carbocycles. The third-order valence-corrected chi connectivity index (χ3v) is 3.47. The minimum absolute atomic E-state index is 0.0581. The van der Waals surface area contributed by atoms with Gasteiger partial charge in [0.1, 0.15) is 5.60 Å². The van der Waals surface area contributed by atoms with Gasteiger partial charge in [-0.1, -0.05) is 25.1 Å². The van der Waals surface area contributed by atoms with Gasteiger partial charge in [-0.3, -0.25) is 0 Å². The van der Waals surface area contributed by atoms with Crippen molar-refractivity contribution >= 4 is 5.97 Å². The molecule has 0 saturated heterocycles. The van der Waals surface area contributed by atoms with Gasteiger partial charge in [0.2, 0.25) is 11.7 Å². The number of hydrogen-bond acceptors (Lipinski definition) is 6. The molecule has 2 rings (SSSR count). The van der Waals surface area contributed by atoms with Gasteiger partial charge < -0.3 is 14.0 Å². The Morgan fingerprint density at radius 3 is 2.70 bits per heavy atom. The number of aromatic nitrogens is 2. The Morgan fingerprint density at radius 2 is 2.07 bits per heavy atom. The molecule has 1 aromatic heterocycles. The van der Waals surface area contributed by atoms with E-state index < -0.39 is 17.4 Å². The van der Waals surface area contributed by atoms with Gasteiger partial charge in [0, 0.05) is 11.1 Å². The highest BCUT2D eigenvalue weighted by Crippen LogP contribution is 2.24. The van der Waals surface area contributed by atoms with Crippen LogP contribution in [-0.2, 0) is 16.0 Å². The highest BCUT2D eigenvalue weighted by atomic mass is 19.1. The van der Waals surface area contributed by atoms with Crippen LogP contribution in [0.15, 0.2) is 34.9 Å². The van der Waals surface area contributed by atoms with Gasteiger partial charge in [-0.15, -0.1) is 0 Å². The van der Waals surface area contributed by atoms with Crippen molar-refractivity contribution in [3.05, 3.63) is 42.1 Å². The number of carbonyl (C=O) groups excluding carboxylic acids is 1. The molecule has 1 heterocycles. The van der Waals surface area contributed by atoms with E-state index in [1.54, 1.807) is 26.8 Å². The van der Waals surface area contributed by atoms with E-state index in [4.69, 9.17) is 14.0 Å². The standard InChI is InChI=1S/C20H25FN2O4/c1-6-7-10-25-16-9-8-14(12-15(16)21)18-22-17(27-23-18)11-13(2)19(24)26-20(3,4)5/h8-9,12H,2,6-7,10-11H2,1,3-5H3. The molecule has 0 radical (unpaired) electrons. The molecule has 27 heavy (non-hydrogen) atoms. The fourth-order valence-corrected chi connectivity index (χ4v) is 2.13. The first-order valence-electron chi connectivity index (χ1n) is 8.86. The quantitative estimate of drug-likeness (QED) is 0.384. The molecule has 0 bridgehead atoms. The molecule has 0 atom stereocenters. The van der Waals surface area contributed by atoms with Gasteiger partial charge in [0.15, 0.2) is 11.6 Å². The lowest BCUT2D eigenvalue weighted by Gasteiger charge is -2.19. The highest BCUT2D eigenvalue weighted by molar-refractivity contribution is 5.88. The number of halogens is 1. The molecule has 0 aliphatic rings. The molecule has 0 fully saturated rings. The van der Waals surface area contributed by atoms with E-state index in [1.165, 1.54) is 12.1 Å². The summed E-state index contributed by atoms with van der Waals surface area (Å²) in [5.74, 6) is -0.408. The second-order valence-corrected chi connectivity index (χ2v) is 7.14. The first-order chi connectivity index (χ1) is 12.7. The topological polar surface area (TPSA) is 74.5 Å². The second-order valence-electron chi connectivity index (χ2n) is 7.14. The van der Waals surface area contributed by atoms with Crippen molar-refractivity contribution < 1.29 is 23.2 Å². The fraction of sp³-hybridized carbons (Fsp3) is 0.450. The van der Waals surface area contributed by atoms with Gasteiger partial charge in [-0.2, -0.15) is 4.98 Å². The Hall–Kier alpha value is -2.70. The molecular weight excluding hydrogens is 351 g/mol. The van der Waals surface area contributed by atoms with Crippen LogP contribution in [0.2, 0.25) is 0 Å². The summed E-state index contributed by atoms with van der Waals surface area (Å²) >= 11 is 0. The first kappa shape index (κ1) is 20.6. The number of hydrogen-bond donors (Lipinski definition) is 0. The predicted octanol–water partition coefficient (Wildman–Crippen LogP) is 4.50. The van der Waals surface area contributed by atoms with Crippen molar-refractivity contribution in [1.29, 1.82) is 0 Å². The Balaban J connectivity index is 2.03. The zero-order valence-electron chi connectivity index (χ0n) is 16.2. The zero-order chi connectivity index (χ0) is 20.0. The van der Waals surface area contributed by atoms with E-state index in [1.807, 2.05) is 6.92 Å². The second kappa shape index (κ2) is 8.79. The van der Waals surface area contributed by atoms with E-state index in [2.05, 4.69) is 16.7 Å². The number of esters is 1. The Labute approximate surface area is 158 Å². The molecule has 0 saturated carbocycles. The van der Waals surface area contributed by atoms with Crippen LogP contribution < -0.4 is 4.74 Å². The summed E-state index contributed by atoms with van der Waals surface area (Å²) in [6.45, 7) is 11.5. The summed E-state index contributed by atoms with van der Waals surface area (Å²) in [4.78, 5) is 16.1. The molecule has 0 amide bonds. The SMILES string of the molecule is C=C(Cc1nc(-c2ccc(OCCCC)c(F)c2)no1)C(=O)OC(C)(C)C. The van der Waals surface area contributed by atoms with Crippen molar-refractivity contribution in [3.8, 4) is 17.1 Å². The summed E-state index contributed by atoms with van der Waals surface area (Å²) < 4.78 is 29.9. The Morgan fingerprint density at radius 1 is 1.33 bits per heavy atom.